The van der Waals surface area contributed by atoms with Crippen molar-refractivity contribution in [1.82, 2.24) is 5.32 Å². The van der Waals surface area contributed by atoms with Gasteiger partial charge in [0, 0.05) is 24.0 Å². The molecule has 1 atom stereocenters. The van der Waals surface area contributed by atoms with Crippen LogP contribution in [0, 0.1) is 10.1 Å². The molecule has 2 aromatic rings. The zero-order valence-electron chi connectivity index (χ0n) is 15.1. The van der Waals surface area contributed by atoms with Crippen molar-refractivity contribution in [3.63, 3.8) is 0 Å². The molecule has 0 saturated carbocycles. The monoisotopic (exact) mass is 432 g/mol. The molecule has 12 heteroatoms. The second kappa shape index (κ2) is 8.07. The number of sulfone groups is 1. The number of hydrogen-bond acceptors (Lipinski definition) is 6. The number of nitrogens with one attached hydrogen (secondary N) is 1. The molecule has 0 radical (unpaired) electrons. The lowest BCUT2D eigenvalue weighted by Gasteiger charge is -2.16. The van der Waals surface area contributed by atoms with Crippen molar-refractivity contribution in [1.29, 1.82) is 0 Å². The first-order chi connectivity index (χ1) is 13.3. The summed E-state index contributed by atoms with van der Waals surface area (Å²) in [4.78, 5) is 22.2. The van der Waals surface area contributed by atoms with Gasteiger partial charge in [0.1, 0.15) is 5.75 Å². The highest BCUT2D eigenvalue weighted by atomic mass is 32.2. The van der Waals surface area contributed by atoms with Gasteiger partial charge >= 0.3 is 6.36 Å². The number of hydrogen-bond donors (Lipinski definition) is 1. The molecule has 156 valence electrons. The maximum atomic E-state index is 12.4. The van der Waals surface area contributed by atoms with Crippen molar-refractivity contribution < 1.29 is 36.0 Å². The lowest BCUT2D eigenvalue weighted by atomic mass is 10.1. The minimum atomic E-state index is -4.83. The van der Waals surface area contributed by atoms with Crippen LogP contribution in [0.15, 0.2) is 47.4 Å². The molecule has 1 N–H and O–H groups in total. The zero-order valence-corrected chi connectivity index (χ0v) is 15.9. The van der Waals surface area contributed by atoms with E-state index in [0.29, 0.717) is 5.56 Å². The first kappa shape index (κ1) is 22.1. The van der Waals surface area contributed by atoms with Crippen molar-refractivity contribution >= 4 is 21.4 Å². The molecular weight excluding hydrogens is 417 g/mol. The summed E-state index contributed by atoms with van der Waals surface area (Å²) in [5.41, 5.74) is -0.385. The van der Waals surface area contributed by atoms with Gasteiger partial charge in [-0.25, -0.2) is 8.42 Å². The summed E-state index contributed by atoms with van der Waals surface area (Å²) in [6.07, 6.45) is -3.98. The largest absolute Gasteiger partial charge is 0.573 e. The highest BCUT2D eigenvalue weighted by Gasteiger charge is 2.31. The summed E-state index contributed by atoms with van der Waals surface area (Å²) < 4.78 is 63.8. The van der Waals surface area contributed by atoms with Crippen LogP contribution in [0.1, 0.15) is 28.9 Å². The van der Waals surface area contributed by atoms with Crippen molar-refractivity contribution in [3.05, 3.63) is 63.7 Å². The van der Waals surface area contributed by atoms with Crippen LogP contribution in [0.25, 0.3) is 0 Å². The van der Waals surface area contributed by atoms with Gasteiger partial charge in [-0.2, -0.15) is 0 Å². The Kier molecular flexibility index (Phi) is 6.16. The Morgan fingerprint density at radius 3 is 2.24 bits per heavy atom. The molecule has 1 amide bonds. The third-order valence-corrected chi connectivity index (χ3v) is 4.85. The quantitative estimate of drug-likeness (QED) is 0.553. The lowest BCUT2D eigenvalue weighted by molar-refractivity contribution is -0.385. The molecule has 8 nitrogen and oxygen atoms in total. The molecule has 0 aliphatic rings. The number of carbonyl (C=O) groups is 1. The minimum absolute atomic E-state index is 0.247. The highest BCUT2D eigenvalue weighted by Crippen LogP contribution is 2.25. The fourth-order valence-electron chi connectivity index (χ4n) is 2.36. The number of alkyl halides is 3. The summed E-state index contributed by atoms with van der Waals surface area (Å²) in [7, 11) is -3.81. The molecule has 0 heterocycles. The van der Waals surface area contributed by atoms with Gasteiger partial charge in [0.2, 0.25) is 0 Å². The van der Waals surface area contributed by atoms with E-state index in [2.05, 4.69) is 10.1 Å². The van der Waals surface area contributed by atoms with Crippen LogP contribution < -0.4 is 10.1 Å². The van der Waals surface area contributed by atoms with Crippen molar-refractivity contribution in [2.75, 3.05) is 6.26 Å². The third-order valence-electron chi connectivity index (χ3n) is 3.75. The molecular formula is C17H15F3N2O6S. The maximum absolute atomic E-state index is 12.4. The van der Waals surface area contributed by atoms with Gasteiger partial charge in [0.25, 0.3) is 11.6 Å². The van der Waals surface area contributed by atoms with Crippen molar-refractivity contribution in [3.8, 4) is 5.75 Å². The molecule has 0 fully saturated rings. The van der Waals surface area contributed by atoms with Crippen molar-refractivity contribution in [2.45, 2.75) is 24.2 Å². The summed E-state index contributed by atoms with van der Waals surface area (Å²) in [5, 5.41) is 13.5. The number of nitro groups is 1. The predicted molar refractivity (Wildman–Crippen MR) is 95.2 cm³/mol. The number of non-ortho nitro benzene ring substituents is 1. The normalized spacial score (nSPS) is 12.9. The number of benzene rings is 2. The van der Waals surface area contributed by atoms with Crippen LogP contribution >= 0.6 is 0 Å². The second-order valence-electron chi connectivity index (χ2n) is 6.06. The molecule has 0 aliphatic heterocycles. The Bertz CT molecular complexity index is 1040. The summed E-state index contributed by atoms with van der Waals surface area (Å²) in [6, 6.07) is 6.84. The number of ether oxygens (including phenoxy) is 1. The van der Waals surface area contributed by atoms with E-state index in [0.717, 1.165) is 36.6 Å². The van der Waals surface area contributed by atoms with Crippen LogP contribution in [-0.4, -0.2) is 31.9 Å². The van der Waals surface area contributed by atoms with E-state index in [9.17, 15) is 36.5 Å². The number of nitrogens with zero attached hydrogens (tertiary/aromatic N) is 1. The Balaban J connectivity index is 2.23. The average molecular weight is 432 g/mol. The Hall–Kier alpha value is -3.15. The van der Waals surface area contributed by atoms with Gasteiger partial charge in [-0.15, -0.1) is 13.2 Å². The van der Waals surface area contributed by atoms with E-state index in [1.807, 2.05) is 0 Å². The van der Waals surface area contributed by atoms with Gasteiger partial charge in [0.15, 0.2) is 9.84 Å². The Morgan fingerprint density at radius 2 is 1.76 bits per heavy atom. The van der Waals surface area contributed by atoms with E-state index in [1.165, 1.54) is 19.1 Å². The van der Waals surface area contributed by atoms with E-state index >= 15 is 0 Å². The minimum Gasteiger partial charge on any atom is -0.406 e. The fraction of sp³-hybridized carbons (Fsp3) is 0.235. The maximum Gasteiger partial charge on any atom is 0.573 e. The topological polar surface area (TPSA) is 116 Å². The van der Waals surface area contributed by atoms with Gasteiger partial charge in [-0.3, -0.25) is 14.9 Å². The summed E-state index contributed by atoms with van der Waals surface area (Å²) >= 11 is 0. The van der Waals surface area contributed by atoms with E-state index in [1.54, 1.807) is 0 Å². The number of halogens is 3. The zero-order chi connectivity index (χ0) is 22.0. The molecule has 2 aromatic carbocycles. The molecule has 29 heavy (non-hydrogen) atoms. The van der Waals surface area contributed by atoms with Crippen LogP contribution in [0.5, 0.6) is 5.75 Å². The molecule has 0 saturated heterocycles. The summed E-state index contributed by atoms with van der Waals surface area (Å²) in [5.74, 6) is -1.22. The molecule has 0 aromatic heterocycles. The number of carbonyl (C=O) groups excluding carboxylic acids is 1. The lowest BCUT2D eigenvalue weighted by Crippen LogP contribution is -2.27. The summed E-state index contributed by atoms with van der Waals surface area (Å²) in [6.45, 7) is 1.53. The second-order valence-corrected chi connectivity index (χ2v) is 8.07. The third kappa shape index (κ3) is 6.17. The highest BCUT2D eigenvalue weighted by molar-refractivity contribution is 7.90. The van der Waals surface area contributed by atoms with Crippen LogP contribution in [0.4, 0.5) is 18.9 Å². The van der Waals surface area contributed by atoms with Gasteiger partial charge in [-0.05, 0) is 30.7 Å². The Labute approximate surface area is 163 Å². The van der Waals surface area contributed by atoms with Crippen molar-refractivity contribution in [2.24, 2.45) is 0 Å². The molecule has 0 aliphatic carbocycles. The van der Waals surface area contributed by atoms with Crippen LogP contribution in [0.2, 0.25) is 0 Å². The van der Waals surface area contributed by atoms with E-state index < -0.39 is 49.4 Å². The molecule has 0 bridgehead atoms. The fourth-order valence-corrected chi connectivity index (χ4v) is 3.03. The predicted octanol–water partition coefficient (Wildman–Crippen LogP) is 3.39. The average Bonchev–Trinajstić information content (AvgIpc) is 2.59. The van der Waals surface area contributed by atoms with E-state index in [-0.39, 0.29) is 5.56 Å². The number of nitro benzene ring substituents is 1. The van der Waals surface area contributed by atoms with Crippen LogP contribution in [0.3, 0.4) is 0 Å². The smallest absolute Gasteiger partial charge is 0.406 e. The van der Waals surface area contributed by atoms with Gasteiger partial charge in [0.05, 0.1) is 15.9 Å². The standard InChI is InChI=1S/C17H15F3N2O6S/c1-10(11-3-5-14(6-4-11)28-17(18,19)20)21-16(23)12-7-13(22(24)25)9-15(8-12)29(2,26)27/h3-10H,1-2H3,(H,21,23). The molecule has 2 rings (SSSR count). The molecule has 0 spiro atoms. The van der Waals surface area contributed by atoms with Gasteiger partial charge in [-0.1, -0.05) is 12.1 Å². The SMILES string of the molecule is CC(NC(=O)c1cc([N+](=O)[O-])cc(S(C)(=O)=O)c1)c1ccc(OC(F)(F)F)cc1. The molecule has 1 unspecified atom stereocenters. The number of amides is 1. The van der Waals surface area contributed by atoms with E-state index in [4.69, 9.17) is 0 Å². The first-order valence-corrected chi connectivity index (χ1v) is 9.81. The Morgan fingerprint density at radius 1 is 1.17 bits per heavy atom. The van der Waals surface area contributed by atoms with Crippen LogP contribution in [-0.2, 0) is 9.84 Å². The first-order valence-electron chi connectivity index (χ1n) is 7.92. The van der Waals surface area contributed by atoms with Gasteiger partial charge < -0.3 is 10.1 Å². The number of rotatable bonds is 6.